The van der Waals surface area contributed by atoms with Crippen LogP contribution in [0.4, 0.5) is 0 Å². The number of hydrogen-bond acceptors (Lipinski definition) is 3. The molecule has 0 spiro atoms. The van der Waals surface area contributed by atoms with Crippen LogP contribution in [0.15, 0.2) is 27.6 Å². The molecule has 4 heteroatoms. The Kier molecular flexibility index (Phi) is 4.70. The second-order valence-electron chi connectivity index (χ2n) is 3.87. The van der Waals surface area contributed by atoms with E-state index in [1.807, 2.05) is 17.8 Å². The van der Waals surface area contributed by atoms with E-state index in [-0.39, 0.29) is 0 Å². The van der Waals surface area contributed by atoms with Crippen molar-refractivity contribution >= 4 is 27.7 Å². The van der Waals surface area contributed by atoms with Gasteiger partial charge in [0.15, 0.2) is 0 Å². The van der Waals surface area contributed by atoms with E-state index in [1.54, 1.807) is 0 Å². The maximum Gasteiger partial charge on any atom is 0.0669 e. The van der Waals surface area contributed by atoms with Crippen LogP contribution in [0.1, 0.15) is 18.4 Å². The van der Waals surface area contributed by atoms with Crippen LogP contribution in [0.3, 0.4) is 0 Å². The topological polar surface area (TPSA) is 35.2 Å². The lowest BCUT2D eigenvalue weighted by Gasteiger charge is -2.12. The number of ether oxygens (including phenoxy) is 1. The first kappa shape index (κ1) is 12.4. The average molecular weight is 302 g/mol. The first-order chi connectivity index (χ1) is 7.81. The van der Waals surface area contributed by atoms with Crippen molar-refractivity contribution in [2.45, 2.75) is 30.4 Å². The number of rotatable bonds is 4. The summed E-state index contributed by atoms with van der Waals surface area (Å²) in [5, 5.41) is 0. The van der Waals surface area contributed by atoms with Crippen LogP contribution in [-0.4, -0.2) is 18.5 Å². The molecule has 2 N–H and O–H groups in total. The fourth-order valence-corrected chi connectivity index (χ4v) is 3.66. The van der Waals surface area contributed by atoms with Crippen molar-refractivity contribution in [2.75, 3.05) is 12.4 Å². The molecular formula is C12H16BrNOS. The summed E-state index contributed by atoms with van der Waals surface area (Å²) >= 11 is 5.38. The highest BCUT2D eigenvalue weighted by Crippen LogP contribution is 2.30. The molecule has 1 heterocycles. The molecule has 1 aliphatic heterocycles. The predicted molar refractivity (Wildman–Crippen MR) is 71.7 cm³/mol. The van der Waals surface area contributed by atoms with E-state index in [0.717, 1.165) is 16.8 Å². The van der Waals surface area contributed by atoms with Gasteiger partial charge in [-0.05, 0) is 30.5 Å². The predicted octanol–water partition coefficient (Wildman–Crippen LogP) is 3.18. The van der Waals surface area contributed by atoms with Crippen LogP contribution in [0, 0.1) is 0 Å². The van der Waals surface area contributed by atoms with Gasteiger partial charge in [0.2, 0.25) is 0 Å². The highest BCUT2D eigenvalue weighted by atomic mass is 79.9. The molecule has 1 fully saturated rings. The number of nitrogens with two attached hydrogens (primary N) is 1. The molecule has 0 radical (unpaired) electrons. The minimum absolute atomic E-state index is 0.426. The summed E-state index contributed by atoms with van der Waals surface area (Å²) in [6, 6.07) is 6.23. The van der Waals surface area contributed by atoms with Gasteiger partial charge in [0.1, 0.15) is 0 Å². The molecule has 16 heavy (non-hydrogen) atoms. The second-order valence-corrected chi connectivity index (χ2v) is 5.78. The summed E-state index contributed by atoms with van der Waals surface area (Å²) in [7, 11) is 0. The molecule has 0 saturated carbocycles. The second kappa shape index (κ2) is 6.05. The van der Waals surface area contributed by atoms with E-state index in [4.69, 9.17) is 10.5 Å². The van der Waals surface area contributed by atoms with E-state index in [9.17, 15) is 0 Å². The summed E-state index contributed by atoms with van der Waals surface area (Å²) < 4.78 is 6.72. The number of thioether (sulfide) groups is 1. The van der Waals surface area contributed by atoms with Crippen LogP contribution in [0.5, 0.6) is 0 Å². The minimum atomic E-state index is 0.426. The van der Waals surface area contributed by atoms with Gasteiger partial charge >= 0.3 is 0 Å². The first-order valence-corrected chi connectivity index (χ1v) is 7.31. The third kappa shape index (κ3) is 3.00. The van der Waals surface area contributed by atoms with E-state index in [2.05, 4.69) is 28.1 Å². The Morgan fingerprint density at radius 3 is 3.06 bits per heavy atom. The number of hydrogen-bond donors (Lipinski definition) is 1. The Balaban J connectivity index is 2.00. The van der Waals surface area contributed by atoms with E-state index >= 15 is 0 Å². The van der Waals surface area contributed by atoms with Gasteiger partial charge in [-0.2, -0.15) is 0 Å². The third-order valence-corrected chi connectivity index (χ3v) is 4.70. The molecule has 1 aliphatic rings. The van der Waals surface area contributed by atoms with Gasteiger partial charge < -0.3 is 10.5 Å². The van der Waals surface area contributed by atoms with Gasteiger partial charge in [0.25, 0.3) is 0 Å². The van der Waals surface area contributed by atoms with Crippen molar-refractivity contribution < 1.29 is 4.74 Å². The number of benzene rings is 1. The zero-order chi connectivity index (χ0) is 11.4. The molecule has 1 saturated heterocycles. The SMILES string of the molecule is NCc1c(Br)cccc1SCC1CCCO1. The zero-order valence-electron chi connectivity index (χ0n) is 9.12. The zero-order valence-corrected chi connectivity index (χ0v) is 11.5. The van der Waals surface area contributed by atoms with Gasteiger partial charge in [-0.25, -0.2) is 0 Å². The molecule has 0 bridgehead atoms. The molecule has 1 aromatic carbocycles. The molecule has 0 aliphatic carbocycles. The molecule has 1 unspecified atom stereocenters. The van der Waals surface area contributed by atoms with Crippen LogP contribution < -0.4 is 5.73 Å². The lowest BCUT2D eigenvalue weighted by atomic mass is 10.2. The van der Waals surface area contributed by atoms with Crippen LogP contribution in [0.2, 0.25) is 0 Å². The molecule has 0 aromatic heterocycles. The van der Waals surface area contributed by atoms with Crippen LogP contribution in [0.25, 0.3) is 0 Å². The maximum absolute atomic E-state index is 5.76. The van der Waals surface area contributed by atoms with Crippen molar-refractivity contribution in [2.24, 2.45) is 5.73 Å². The summed E-state index contributed by atoms with van der Waals surface area (Å²) in [5.74, 6) is 1.03. The smallest absolute Gasteiger partial charge is 0.0669 e. The standard InChI is InChI=1S/C12H16BrNOS/c13-11-4-1-5-12(10(11)7-14)16-8-9-3-2-6-15-9/h1,4-5,9H,2-3,6-8,14H2. The summed E-state index contributed by atoms with van der Waals surface area (Å²) in [6.07, 6.45) is 2.82. The molecular weight excluding hydrogens is 286 g/mol. The fourth-order valence-electron chi connectivity index (χ4n) is 1.83. The van der Waals surface area contributed by atoms with Gasteiger partial charge in [-0.15, -0.1) is 11.8 Å². The minimum Gasteiger partial charge on any atom is -0.377 e. The highest BCUT2D eigenvalue weighted by molar-refractivity contribution is 9.10. The molecule has 2 nitrogen and oxygen atoms in total. The van der Waals surface area contributed by atoms with Gasteiger partial charge in [0.05, 0.1) is 6.10 Å². The molecule has 88 valence electrons. The van der Waals surface area contributed by atoms with Gasteiger partial charge in [0, 0.05) is 28.3 Å². The first-order valence-electron chi connectivity index (χ1n) is 5.53. The maximum atomic E-state index is 5.76. The van der Waals surface area contributed by atoms with E-state index in [1.165, 1.54) is 23.3 Å². The van der Waals surface area contributed by atoms with Crippen molar-refractivity contribution in [3.63, 3.8) is 0 Å². The van der Waals surface area contributed by atoms with Crippen LogP contribution >= 0.6 is 27.7 Å². The summed E-state index contributed by atoms with van der Waals surface area (Å²) in [6.45, 7) is 1.50. The lowest BCUT2D eigenvalue weighted by Crippen LogP contribution is -2.08. The molecule has 0 amide bonds. The van der Waals surface area contributed by atoms with Crippen molar-refractivity contribution in [1.82, 2.24) is 0 Å². The van der Waals surface area contributed by atoms with Crippen molar-refractivity contribution in [3.05, 3.63) is 28.2 Å². The molecule has 1 atom stereocenters. The highest BCUT2D eigenvalue weighted by Gasteiger charge is 2.16. The lowest BCUT2D eigenvalue weighted by molar-refractivity contribution is 0.129. The Morgan fingerprint density at radius 1 is 1.50 bits per heavy atom. The normalized spacial score (nSPS) is 20.2. The quantitative estimate of drug-likeness (QED) is 0.868. The Labute approximate surface area is 109 Å². The Morgan fingerprint density at radius 2 is 2.38 bits per heavy atom. The monoisotopic (exact) mass is 301 g/mol. The third-order valence-electron chi connectivity index (χ3n) is 2.73. The molecule has 2 rings (SSSR count). The van der Waals surface area contributed by atoms with Crippen LogP contribution in [-0.2, 0) is 11.3 Å². The van der Waals surface area contributed by atoms with Crippen molar-refractivity contribution in [1.29, 1.82) is 0 Å². The average Bonchev–Trinajstić information content (AvgIpc) is 2.79. The van der Waals surface area contributed by atoms with E-state index in [0.29, 0.717) is 12.6 Å². The Hall–Kier alpha value is -0.0300. The summed E-state index contributed by atoms with van der Waals surface area (Å²) in [4.78, 5) is 1.27. The largest absolute Gasteiger partial charge is 0.377 e. The fraction of sp³-hybridized carbons (Fsp3) is 0.500. The summed E-state index contributed by atoms with van der Waals surface area (Å²) in [5.41, 5.74) is 6.96. The van der Waals surface area contributed by atoms with Crippen molar-refractivity contribution in [3.8, 4) is 0 Å². The van der Waals surface area contributed by atoms with Gasteiger partial charge in [-0.3, -0.25) is 0 Å². The van der Waals surface area contributed by atoms with E-state index < -0.39 is 0 Å². The number of halogens is 1. The van der Waals surface area contributed by atoms with Gasteiger partial charge in [-0.1, -0.05) is 22.0 Å². The Bertz CT molecular complexity index is 353. The molecule has 1 aromatic rings.